The SMILES string of the molecule is CCC(=O)c1csc(NC(=O)C2CC(Oc3cccc4cccnc34)C2)n1.O=C(O)C(F)(F)F. The summed E-state index contributed by atoms with van der Waals surface area (Å²) in [5.74, 6) is -2.21. The molecule has 1 aromatic carbocycles. The van der Waals surface area contributed by atoms with Crippen LogP contribution in [0.25, 0.3) is 10.9 Å². The van der Waals surface area contributed by atoms with Crippen molar-refractivity contribution < 1.29 is 37.4 Å². The molecule has 8 nitrogen and oxygen atoms in total. The molecule has 1 aliphatic carbocycles. The van der Waals surface area contributed by atoms with Crippen LogP contribution in [0.4, 0.5) is 18.3 Å². The lowest BCUT2D eigenvalue weighted by Gasteiger charge is -2.34. The fraction of sp³-hybridized carbons (Fsp3) is 0.318. The number of pyridine rings is 1. The van der Waals surface area contributed by atoms with E-state index in [1.165, 1.54) is 11.3 Å². The van der Waals surface area contributed by atoms with Crippen molar-refractivity contribution in [2.24, 2.45) is 5.92 Å². The molecule has 0 unspecified atom stereocenters. The lowest BCUT2D eigenvalue weighted by molar-refractivity contribution is -0.192. The van der Waals surface area contributed by atoms with Crippen molar-refractivity contribution in [3.63, 3.8) is 0 Å². The highest BCUT2D eigenvalue weighted by atomic mass is 32.1. The van der Waals surface area contributed by atoms with Gasteiger partial charge in [0.15, 0.2) is 10.9 Å². The Bertz CT molecular complexity index is 1190. The number of hydrogen-bond acceptors (Lipinski definition) is 7. The van der Waals surface area contributed by atoms with Gasteiger partial charge in [-0.3, -0.25) is 14.6 Å². The van der Waals surface area contributed by atoms with E-state index in [1.807, 2.05) is 30.3 Å². The third-order valence-corrected chi connectivity index (χ3v) is 5.70. The van der Waals surface area contributed by atoms with E-state index < -0.39 is 12.1 Å². The number of ether oxygens (including phenoxy) is 1. The van der Waals surface area contributed by atoms with Gasteiger partial charge < -0.3 is 15.2 Å². The predicted octanol–water partition coefficient (Wildman–Crippen LogP) is 4.71. The van der Waals surface area contributed by atoms with Crippen molar-refractivity contribution in [2.45, 2.75) is 38.5 Å². The summed E-state index contributed by atoms with van der Waals surface area (Å²) in [6.45, 7) is 1.79. The quantitative estimate of drug-likeness (QED) is 0.475. The summed E-state index contributed by atoms with van der Waals surface area (Å²) in [6.07, 6.45) is -1.62. The Morgan fingerprint density at radius 3 is 2.53 bits per heavy atom. The molecule has 34 heavy (non-hydrogen) atoms. The van der Waals surface area contributed by atoms with Crippen LogP contribution in [0.2, 0.25) is 0 Å². The Labute approximate surface area is 195 Å². The van der Waals surface area contributed by atoms with Gasteiger partial charge in [-0.2, -0.15) is 13.2 Å². The number of carboxylic acids is 1. The van der Waals surface area contributed by atoms with Crippen molar-refractivity contribution in [3.05, 3.63) is 47.6 Å². The molecule has 3 aromatic rings. The number of nitrogens with zero attached hydrogens (tertiary/aromatic N) is 2. The van der Waals surface area contributed by atoms with Crippen molar-refractivity contribution in [3.8, 4) is 5.75 Å². The van der Waals surface area contributed by atoms with Gasteiger partial charge in [0, 0.05) is 29.3 Å². The van der Waals surface area contributed by atoms with Gasteiger partial charge in [0.05, 0.1) is 0 Å². The number of halogens is 3. The van der Waals surface area contributed by atoms with E-state index in [0.717, 1.165) is 16.7 Å². The van der Waals surface area contributed by atoms with Crippen LogP contribution in [0.5, 0.6) is 5.75 Å². The summed E-state index contributed by atoms with van der Waals surface area (Å²) in [4.78, 5) is 41.5. The molecule has 1 amide bonds. The standard InChI is InChI=1S/C20H19N3O3S.C2HF3O2/c1-2-16(24)15-11-27-20(22-15)23-19(25)13-9-14(10-13)26-17-7-3-5-12-6-4-8-21-18(12)17;3-2(4,5)1(6)7/h3-8,11,13-14H,2,9-10H2,1H3,(H,22,23,25);(H,6,7). The van der Waals surface area contributed by atoms with Gasteiger partial charge in [0.1, 0.15) is 23.1 Å². The molecule has 4 rings (SSSR count). The van der Waals surface area contributed by atoms with Crippen LogP contribution in [0.3, 0.4) is 0 Å². The number of aromatic nitrogens is 2. The van der Waals surface area contributed by atoms with Gasteiger partial charge in [-0.15, -0.1) is 11.3 Å². The highest BCUT2D eigenvalue weighted by Gasteiger charge is 2.38. The van der Waals surface area contributed by atoms with Gasteiger partial charge >= 0.3 is 12.1 Å². The van der Waals surface area contributed by atoms with Crippen LogP contribution in [0.1, 0.15) is 36.7 Å². The highest BCUT2D eigenvalue weighted by molar-refractivity contribution is 7.14. The predicted molar refractivity (Wildman–Crippen MR) is 118 cm³/mol. The summed E-state index contributed by atoms with van der Waals surface area (Å²) < 4.78 is 37.8. The molecule has 0 spiro atoms. The number of alkyl halides is 3. The van der Waals surface area contributed by atoms with Gasteiger partial charge in [0.2, 0.25) is 5.91 Å². The van der Waals surface area contributed by atoms with Crippen molar-refractivity contribution >= 4 is 45.0 Å². The average molecular weight is 495 g/mol. The minimum Gasteiger partial charge on any atom is -0.488 e. The third kappa shape index (κ3) is 6.28. The number of benzene rings is 1. The van der Waals surface area contributed by atoms with Gasteiger partial charge in [-0.1, -0.05) is 25.1 Å². The average Bonchev–Trinajstić information content (AvgIpc) is 3.23. The van der Waals surface area contributed by atoms with Crippen molar-refractivity contribution in [1.82, 2.24) is 9.97 Å². The highest BCUT2D eigenvalue weighted by Crippen LogP contribution is 2.34. The molecule has 180 valence electrons. The van der Waals surface area contributed by atoms with Crippen LogP contribution in [-0.2, 0) is 9.59 Å². The first-order chi connectivity index (χ1) is 16.1. The van der Waals surface area contributed by atoms with Crippen LogP contribution >= 0.6 is 11.3 Å². The number of anilines is 1. The molecule has 2 N–H and O–H groups in total. The molecule has 0 bridgehead atoms. The second-order valence-corrected chi connectivity index (χ2v) is 8.20. The molecule has 0 aliphatic heterocycles. The molecule has 2 aromatic heterocycles. The largest absolute Gasteiger partial charge is 0.490 e. The fourth-order valence-electron chi connectivity index (χ4n) is 3.07. The second-order valence-electron chi connectivity index (χ2n) is 7.35. The number of rotatable bonds is 6. The molecule has 0 atom stereocenters. The zero-order chi connectivity index (χ0) is 24.9. The zero-order valence-electron chi connectivity index (χ0n) is 17.8. The molecule has 0 radical (unpaired) electrons. The van der Waals surface area contributed by atoms with Crippen LogP contribution in [0, 0.1) is 5.92 Å². The molecule has 1 saturated carbocycles. The van der Waals surface area contributed by atoms with E-state index in [2.05, 4.69) is 15.3 Å². The van der Waals surface area contributed by atoms with E-state index in [1.54, 1.807) is 18.5 Å². The molecule has 1 fully saturated rings. The zero-order valence-corrected chi connectivity index (χ0v) is 18.7. The van der Waals surface area contributed by atoms with Crippen LogP contribution < -0.4 is 10.1 Å². The Morgan fingerprint density at radius 1 is 1.21 bits per heavy atom. The maximum Gasteiger partial charge on any atom is 0.490 e. The molecule has 12 heteroatoms. The monoisotopic (exact) mass is 495 g/mol. The third-order valence-electron chi connectivity index (χ3n) is 4.94. The van der Waals surface area contributed by atoms with E-state index in [0.29, 0.717) is 30.1 Å². The Kier molecular flexibility index (Phi) is 7.82. The molecule has 0 saturated heterocycles. The van der Waals surface area contributed by atoms with Crippen LogP contribution in [0.15, 0.2) is 41.9 Å². The van der Waals surface area contributed by atoms with Gasteiger partial charge in [0.25, 0.3) is 0 Å². The number of aliphatic carboxylic acids is 1. The first-order valence-corrected chi connectivity index (χ1v) is 11.1. The lowest BCUT2D eigenvalue weighted by Crippen LogP contribution is -2.40. The number of hydrogen-bond donors (Lipinski definition) is 2. The van der Waals surface area contributed by atoms with Gasteiger partial charge in [-0.25, -0.2) is 9.78 Å². The number of para-hydroxylation sites is 1. The number of amides is 1. The number of carbonyl (C=O) groups excluding carboxylic acids is 2. The van der Waals surface area contributed by atoms with Crippen LogP contribution in [-0.4, -0.2) is 45.0 Å². The number of carboxylic acid groups (broad SMARTS) is 1. The van der Waals surface area contributed by atoms with Crippen molar-refractivity contribution in [1.29, 1.82) is 0 Å². The summed E-state index contributed by atoms with van der Waals surface area (Å²) in [7, 11) is 0. The molecular weight excluding hydrogens is 475 g/mol. The summed E-state index contributed by atoms with van der Waals surface area (Å²) in [5, 5.41) is 13.1. The van der Waals surface area contributed by atoms with E-state index in [4.69, 9.17) is 14.6 Å². The second kappa shape index (κ2) is 10.6. The van der Waals surface area contributed by atoms with E-state index in [9.17, 15) is 22.8 Å². The topological polar surface area (TPSA) is 118 Å². The minimum absolute atomic E-state index is 0.00174. The minimum atomic E-state index is -5.08. The lowest BCUT2D eigenvalue weighted by atomic mass is 9.81. The fourth-order valence-corrected chi connectivity index (χ4v) is 3.79. The Morgan fingerprint density at radius 2 is 1.88 bits per heavy atom. The summed E-state index contributed by atoms with van der Waals surface area (Å²) >= 11 is 1.27. The maximum atomic E-state index is 12.4. The maximum absolute atomic E-state index is 12.4. The van der Waals surface area contributed by atoms with Crippen molar-refractivity contribution in [2.75, 3.05) is 5.32 Å². The number of thiazole rings is 1. The number of nitrogens with one attached hydrogen (secondary N) is 1. The molecule has 1 aliphatic rings. The number of carbonyl (C=O) groups is 3. The summed E-state index contributed by atoms with van der Waals surface area (Å²) in [6, 6.07) is 9.74. The number of ketones is 1. The number of fused-ring (bicyclic) bond motifs is 1. The van der Waals surface area contributed by atoms with E-state index >= 15 is 0 Å². The van der Waals surface area contributed by atoms with E-state index in [-0.39, 0.29) is 23.7 Å². The summed E-state index contributed by atoms with van der Waals surface area (Å²) in [5.41, 5.74) is 1.25. The molecular formula is C22H20F3N3O5S. The Balaban J connectivity index is 0.000000406. The van der Waals surface area contributed by atoms with Gasteiger partial charge in [-0.05, 0) is 25.0 Å². The molecule has 2 heterocycles. The smallest absolute Gasteiger partial charge is 0.488 e. The normalized spacial score (nSPS) is 17.2. The number of Topliss-reactive ketones (excluding diaryl/α,β-unsaturated/α-hetero) is 1. The first kappa shape index (κ1) is 25.1. The first-order valence-electron chi connectivity index (χ1n) is 10.2. The Hall–Kier alpha value is -3.54.